The summed E-state index contributed by atoms with van der Waals surface area (Å²) in [5.74, 6) is -0.0660. The number of hydrogen-bond donors (Lipinski definition) is 2. The number of aryl methyl sites for hydroxylation is 1. The first kappa shape index (κ1) is 24.9. The molecule has 9 heteroatoms. The predicted molar refractivity (Wildman–Crippen MR) is 137 cm³/mol. The van der Waals surface area contributed by atoms with Crippen LogP contribution in [0, 0.1) is 0 Å². The monoisotopic (exact) mass is 495 g/mol. The van der Waals surface area contributed by atoms with Crippen LogP contribution < -0.4 is 10.6 Å². The van der Waals surface area contributed by atoms with Crippen molar-refractivity contribution in [2.24, 2.45) is 0 Å². The number of anilines is 1. The smallest absolute Gasteiger partial charge is 0.251 e. The van der Waals surface area contributed by atoms with Gasteiger partial charge in [-0.15, -0.1) is 0 Å². The van der Waals surface area contributed by atoms with Crippen LogP contribution in [0.4, 0.5) is 5.69 Å². The summed E-state index contributed by atoms with van der Waals surface area (Å²) in [5.41, 5.74) is 2.15. The van der Waals surface area contributed by atoms with Crippen molar-refractivity contribution < 1.29 is 13.2 Å². The minimum absolute atomic E-state index is 0.153. The number of benzene rings is 2. The van der Waals surface area contributed by atoms with E-state index in [1.807, 2.05) is 29.0 Å². The van der Waals surface area contributed by atoms with E-state index in [2.05, 4.69) is 34.7 Å². The Morgan fingerprint density at radius 2 is 1.89 bits per heavy atom. The van der Waals surface area contributed by atoms with Gasteiger partial charge in [-0.1, -0.05) is 37.3 Å². The average Bonchev–Trinajstić information content (AvgIpc) is 3.60. The molecule has 1 aliphatic rings. The van der Waals surface area contributed by atoms with Gasteiger partial charge in [-0.25, -0.2) is 13.4 Å². The van der Waals surface area contributed by atoms with Gasteiger partial charge in [0.05, 0.1) is 11.2 Å². The van der Waals surface area contributed by atoms with E-state index in [1.165, 1.54) is 15.9 Å². The first-order valence-electron chi connectivity index (χ1n) is 12.1. The van der Waals surface area contributed by atoms with Crippen molar-refractivity contribution in [2.75, 3.05) is 31.5 Å². The Bertz CT molecular complexity index is 1210. The van der Waals surface area contributed by atoms with Gasteiger partial charge in [-0.3, -0.25) is 4.79 Å². The first-order valence-corrected chi connectivity index (χ1v) is 13.6. The zero-order valence-electron chi connectivity index (χ0n) is 20.1. The number of nitrogens with zero attached hydrogens (tertiary/aromatic N) is 3. The number of aromatic nitrogens is 2. The van der Waals surface area contributed by atoms with Gasteiger partial charge in [0.1, 0.15) is 0 Å². The molecule has 2 heterocycles. The highest BCUT2D eigenvalue weighted by Gasteiger charge is 2.28. The molecule has 1 amide bonds. The highest BCUT2D eigenvalue weighted by atomic mass is 32.2. The van der Waals surface area contributed by atoms with Gasteiger partial charge in [-0.2, -0.15) is 4.31 Å². The molecule has 1 fully saturated rings. The van der Waals surface area contributed by atoms with Crippen LogP contribution >= 0.6 is 0 Å². The second-order valence-electron chi connectivity index (χ2n) is 8.96. The largest absolute Gasteiger partial charge is 0.384 e. The van der Waals surface area contributed by atoms with E-state index in [9.17, 15) is 13.2 Å². The lowest BCUT2D eigenvalue weighted by Gasteiger charge is -2.19. The van der Waals surface area contributed by atoms with Crippen molar-refractivity contribution >= 4 is 21.6 Å². The fraction of sp³-hybridized carbons (Fsp3) is 0.385. The van der Waals surface area contributed by atoms with Gasteiger partial charge >= 0.3 is 0 Å². The minimum Gasteiger partial charge on any atom is -0.384 e. The Morgan fingerprint density at radius 3 is 2.60 bits per heavy atom. The summed E-state index contributed by atoms with van der Waals surface area (Å²) in [5, 5.41) is 6.27. The molecule has 1 unspecified atom stereocenters. The van der Waals surface area contributed by atoms with Crippen LogP contribution in [-0.2, 0) is 16.6 Å². The van der Waals surface area contributed by atoms with Crippen LogP contribution in [0.2, 0.25) is 0 Å². The molecule has 1 aromatic heterocycles. The number of amides is 1. The number of imidazole rings is 1. The van der Waals surface area contributed by atoms with Gasteiger partial charge in [0.2, 0.25) is 10.0 Å². The maximum Gasteiger partial charge on any atom is 0.251 e. The molecular weight excluding hydrogens is 462 g/mol. The maximum absolute atomic E-state index is 13.3. The Morgan fingerprint density at radius 1 is 1.11 bits per heavy atom. The first-order chi connectivity index (χ1) is 16.9. The van der Waals surface area contributed by atoms with E-state index in [4.69, 9.17) is 0 Å². The molecule has 0 bridgehead atoms. The third-order valence-electron chi connectivity index (χ3n) is 6.29. The van der Waals surface area contributed by atoms with Crippen molar-refractivity contribution in [1.82, 2.24) is 19.2 Å². The van der Waals surface area contributed by atoms with Gasteiger partial charge in [0.25, 0.3) is 5.91 Å². The fourth-order valence-corrected chi connectivity index (χ4v) is 5.80. The van der Waals surface area contributed by atoms with Crippen molar-refractivity contribution in [3.05, 3.63) is 78.4 Å². The summed E-state index contributed by atoms with van der Waals surface area (Å²) in [6, 6.07) is 15.0. The molecule has 0 radical (unpaired) electrons. The van der Waals surface area contributed by atoms with Crippen molar-refractivity contribution in [1.29, 1.82) is 0 Å². The molecule has 186 valence electrons. The normalized spacial score (nSPS) is 15.1. The molecule has 2 N–H and O–H groups in total. The average molecular weight is 496 g/mol. The van der Waals surface area contributed by atoms with Crippen LogP contribution in [0.5, 0.6) is 0 Å². The van der Waals surface area contributed by atoms with Crippen LogP contribution in [0.3, 0.4) is 0 Å². The van der Waals surface area contributed by atoms with Gasteiger partial charge in [0.15, 0.2) is 0 Å². The second-order valence-corrected chi connectivity index (χ2v) is 10.9. The summed E-state index contributed by atoms with van der Waals surface area (Å²) in [7, 11) is -3.66. The molecule has 1 aliphatic heterocycles. The Balaban J connectivity index is 1.49. The molecular formula is C26H33N5O3S. The number of hydrogen-bond acceptors (Lipinski definition) is 5. The van der Waals surface area contributed by atoms with E-state index < -0.39 is 10.0 Å². The highest BCUT2D eigenvalue weighted by Crippen LogP contribution is 2.26. The summed E-state index contributed by atoms with van der Waals surface area (Å²) in [4.78, 5) is 17.1. The zero-order chi connectivity index (χ0) is 24.7. The molecule has 3 aromatic rings. The molecule has 8 nitrogen and oxygen atoms in total. The minimum atomic E-state index is -3.66. The molecule has 35 heavy (non-hydrogen) atoms. The number of carbonyl (C=O) groups is 1. The lowest BCUT2D eigenvalue weighted by molar-refractivity contribution is 0.0952. The van der Waals surface area contributed by atoms with Gasteiger partial charge in [-0.05, 0) is 48.9 Å². The number of rotatable bonds is 11. The Kier molecular flexibility index (Phi) is 8.20. The highest BCUT2D eigenvalue weighted by molar-refractivity contribution is 7.89. The van der Waals surface area contributed by atoms with Gasteiger partial charge in [0, 0.05) is 56.4 Å². The molecule has 0 spiro atoms. The van der Waals surface area contributed by atoms with Crippen LogP contribution in [0.25, 0.3) is 0 Å². The van der Waals surface area contributed by atoms with Crippen LogP contribution in [0.1, 0.15) is 48.0 Å². The van der Waals surface area contributed by atoms with E-state index >= 15 is 0 Å². The number of nitrogens with one attached hydrogen (secondary N) is 2. The summed E-state index contributed by atoms with van der Waals surface area (Å²) < 4.78 is 30.0. The van der Waals surface area contributed by atoms with Gasteiger partial charge < -0.3 is 15.2 Å². The topological polar surface area (TPSA) is 96.3 Å². The Labute approximate surface area is 207 Å². The third kappa shape index (κ3) is 6.49. The lowest BCUT2D eigenvalue weighted by Crippen LogP contribution is -2.29. The predicted octanol–water partition coefficient (Wildman–Crippen LogP) is 3.70. The van der Waals surface area contributed by atoms with E-state index in [0.717, 1.165) is 25.8 Å². The van der Waals surface area contributed by atoms with Crippen molar-refractivity contribution in [2.45, 2.75) is 43.5 Å². The van der Waals surface area contributed by atoms with E-state index in [0.29, 0.717) is 37.4 Å². The zero-order valence-corrected chi connectivity index (χ0v) is 20.9. The molecule has 4 rings (SSSR count). The van der Waals surface area contributed by atoms with E-state index in [-0.39, 0.29) is 16.7 Å². The van der Waals surface area contributed by atoms with Crippen LogP contribution in [-0.4, -0.2) is 54.4 Å². The SMILES string of the molecule is CC(CNc1cc(C(=O)NCCCn2ccnc2)cc(S(=O)(=O)N2CCCC2)c1)c1ccccc1. The molecule has 0 aliphatic carbocycles. The van der Waals surface area contributed by atoms with Crippen molar-refractivity contribution in [3.8, 4) is 0 Å². The molecule has 1 saturated heterocycles. The third-order valence-corrected chi connectivity index (χ3v) is 8.17. The molecule has 1 atom stereocenters. The van der Waals surface area contributed by atoms with Crippen LogP contribution in [0.15, 0.2) is 72.1 Å². The number of sulfonamides is 1. The summed E-state index contributed by atoms with van der Waals surface area (Å²) >= 11 is 0. The summed E-state index contributed by atoms with van der Waals surface area (Å²) in [6.07, 6.45) is 7.80. The van der Waals surface area contributed by atoms with Crippen molar-refractivity contribution in [3.63, 3.8) is 0 Å². The lowest BCUT2D eigenvalue weighted by atomic mass is 10.0. The summed E-state index contributed by atoms with van der Waals surface area (Å²) in [6.45, 7) is 4.98. The quantitative estimate of drug-likeness (QED) is 0.396. The standard InChI is InChI=1S/C26H33N5O3S/c1-21(22-8-3-2-4-9-22)19-29-24-16-23(26(32)28-10-7-12-30-15-11-27-20-30)17-25(18-24)35(33,34)31-13-5-6-14-31/h2-4,8-9,11,15-18,20-21,29H,5-7,10,12-14,19H2,1H3,(H,28,32). The second kappa shape index (κ2) is 11.5. The fourth-order valence-electron chi connectivity index (χ4n) is 4.21. The maximum atomic E-state index is 13.3. The van der Waals surface area contributed by atoms with E-state index in [1.54, 1.807) is 24.7 Å². The molecule has 2 aromatic carbocycles. The Hall–Kier alpha value is -3.17. The molecule has 0 saturated carbocycles. The number of carbonyl (C=O) groups excluding carboxylic acids is 1.